The van der Waals surface area contributed by atoms with Crippen LogP contribution in [0.5, 0.6) is 0 Å². The quantitative estimate of drug-likeness (QED) is 0.919. The van der Waals surface area contributed by atoms with Crippen molar-refractivity contribution in [1.29, 1.82) is 0 Å². The average molecular weight is 308 g/mol. The zero-order chi connectivity index (χ0) is 14.5. The number of piperidine rings is 1. The van der Waals surface area contributed by atoms with Gasteiger partial charge in [-0.15, -0.1) is 0 Å². The van der Waals surface area contributed by atoms with Gasteiger partial charge in [0.25, 0.3) is 0 Å². The molecule has 4 heteroatoms. The van der Waals surface area contributed by atoms with E-state index in [1.807, 2.05) is 12.1 Å². The lowest BCUT2D eigenvalue weighted by molar-refractivity contribution is 0.172. The molecule has 1 atom stereocenters. The summed E-state index contributed by atoms with van der Waals surface area (Å²) in [6.07, 6.45) is 5.08. The van der Waals surface area contributed by atoms with Crippen molar-refractivity contribution in [1.82, 2.24) is 10.2 Å². The Balaban J connectivity index is 1.52. The van der Waals surface area contributed by atoms with Gasteiger partial charge in [0.15, 0.2) is 0 Å². The first-order chi connectivity index (χ1) is 10.3. The summed E-state index contributed by atoms with van der Waals surface area (Å²) in [5, 5.41) is 3.84. The monoisotopic (exact) mass is 308 g/mol. The first kappa shape index (κ1) is 15.3. The smallest absolute Gasteiger partial charge is 0.127 e. The molecular weight excluding hydrogens is 283 g/mol. The van der Waals surface area contributed by atoms with Crippen molar-refractivity contribution < 1.29 is 4.39 Å². The third kappa shape index (κ3) is 4.44. The number of benzene rings is 1. The summed E-state index contributed by atoms with van der Waals surface area (Å²) in [5.41, 5.74) is 0.826. The molecule has 0 saturated carbocycles. The van der Waals surface area contributed by atoms with Crippen LogP contribution in [0.2, 0.25) is 0 Å². The fourth-order valence-corrected chi connectivity index (χ4v) is 4.51. The van der Waals surface area contributed by atoms with Gasteiger partial charge in [0.1, 0.15) is 5.82 Å². The zero-order valence-electron chi connectivity index (χ0n) is 12.6. The van der Waals surface area contributed by atoms with Gasteiger partial charge in [-0.3, -0.25) is 4.90 Å². The summed E-state index contributed by atoms with van der Waals surface area (Å²) >= 11 is 2.07. The van der Waals surface area contributed by atoms with Crippen LogP contribution in [0, 0.1) is 5.82 Å². The normalized spacial score (nSPS) is 25.1. The summed E-state index contributed by atoms with van der Waals surface area (Å²) in [6.45, 7) is 2.89. The Morgan fingerprint density at radius 2 is 1.95 bits per heavy atom. The van der Waals surface area contributed by atoms with E-state index in [9.17, 15) is 4.39 Å². The summed E-state index contributed by atoms with van der Waals surface area (Å²) in [5.74, 6) is 2.52. The minimum absolute atomic E-state index is 0.0723. The number of thioether (sulfide) groups is 1. The molecule has 3 rings (SSSR count). The third-order valence-electron chi connectivity index (χ3n) is 4.55. The average Bonchev–Trinajstić information content (AvgIpc) is 2.51. The van der Waals surface area contributed by atoms with Crippen LogP contribution >= 0.6 is 11.8 Å². The molecular formula is C17H25FN2S. The van der Waals surface area contributed by atoms with Gasteiger partial charge < -0.3 is 5.32 Å². The van der Waals surface area contributed by atoms with Crippen molar-refractivity contribution in [3.05, 3.63) is 35.6 Å². The summed E-state index contributed by atoms with van der Waals surface area (Å²) in [6, 6.07) is 8.45. The molecule has 2 heterocycles. The van der Waals surface area contributed by atoms with E-state index in [4.69, 9.17) is 0 Å². The van der Waals surface area contributed by atoms with E-state index in [1.165, 1.54) is 37.2 Å². The highest BCUT2D eigenvalue weighted by atomic mass is 32.2. The van der Waals surface area contributed by atoms with Crippen LogP contribution in [0.15, 0.2) is 24.3 Å². The second kappa shape index (κ2) is 7.61. The molecule has 116 valence electrons. The topological polar surface area (TPSA) is 15.3 Å². The van der Waals surface area contributed by atoms with Gasteiger partial charge >= 0.3 is 0 Å². The van der Waals surface area contributed by atoms with E-state index in [0.717, 1.165) is 25.2 Å². The fraction of sp³-hybridized carbons (Fsp3) is 0.647. The molecule has 0 amide bonds. The lowest BCUT2D eigenvalue weighted by atomic mass is 10.0. The zero-order valence-corrected chi connectivity index (χ0v) is 13.4. The molecule has 1 aromatic carbocycles. The predicted molar refractivity (Wildman–Crippen MR) is 88.2 cm³/mol. The molecule has 1 unspecified atom stereocenters. The van der Waals surface area contributed by atoms with Crippen molar-refractivity contribution in [2.24, 2.45) is 0 Å². The minimum Gasteiger partial charge on any atom is -0.310 e. The Labute approximate surface area is 131 Å². The van der Waals surface area contributed by atoms with Gasteiger partial charge in [0, 0.05) is 30.7 Å². The maximum absolute atomic E-state index is 13.8. The molecule has 2 nitrogen and oxygen atoms in total. The molecule has 1 aromatic rings. The van der Waals surface area contributed by atoms with Crippen LogP contribution < -0.4 is 5.32 Å². The van der Waals surface area contributed by atoms with Crippen molar-refractivity contribution >= 4 is 11.8 Å². The summed E-state index contributed by atoms with van der Waals surface area (Å²) in [7, 11) is 0. The number of nitrogens with one attached hydrogen (secondary N) is 1. The van der Waals surface area contributed by atoms with E-state index >= 15 is 0 Å². The third-order valence-corrected chi connectivity index (χ3v) is 5.60. The second-order valence-electron chi connectivity index (χ2n) is 6.22. The van der Waals surface area contributed by atoms with Gasteiger partial charge in [0.2, 0.25) is 0 Å². The Hall–Kier alpha value is -0.580. The molecule has 2 saturated heterocycles. The Bertz CT molecular complexity index is 448. The van der Waals surface area contributed by atoms with Crippen molar-refractivity contribution in [3.8, 4) is 0 Å². The molecule has 2 aliphatic heterocycles. The Kier molecular flexibility index (Phi) is 5.55. The highest BCUT2D eigenvalue weighted by Gasteiger charge is 2.23. The predicted octanol–water partition coefficient (Wildman–Crippen LogP) is 3.28. The number of hydrogen-bond acceptors (Lipinski definition) is 3. The van der Waals surface area contributed by atoms with Crippen molar-refractivity contribution in [3.63, 3.8) is 0 Å². The molecule has 0 radical (unpaired) electrons. The lowest BCUT2D eigenvalue weighted by Gasteiger charge is -2.36. The van der Waals surface area contributed by atoms with E-state index in [0.29, 0.717) is 12.1 Å². The van der Waals surface area contributed by atoms with E-state index in [1.54, 1.807) is 12.1 Å². The molecule has 0 spiro atoms. The molecule has 2 aliphatic rings. The van der Waals surface area contributed by atoms with Crippen LogP contribution in [0.1, 0.15) is 31.2 Å². The van der Waals surface area contributed by atoms with Crippen LogP contribution in [0.25, 0.3) is 0 Å². The number of nitrogens with zero attached hydrogens (tertiary/aromatic N) is 1. The van der Waals surface area contributed by atoms with E-state index < -0.39 is 0 Å². The van der Waals surface area contributed by atoms with Crippen LogP contribution in [-0.4, -0.2) is 41.6 Å². The number of rotatable bonds is 4. The number of hydrogen-bond donors (Lipinski definition) is 1. The molecule has 0 bridgehead atoms. The number of likely N-dealkylation sites (tertiary alicyclic amines) is 1. The van der Waals surface area contributed by atoms with Crippen LogP contribution in [0.3, 0.4) is 0 Å². The van der Waals surface area contributed by atoms with E-state index in [-0.39, 0.29) is 5.82 Å². The molecule has 1 N–H and O–H groups in total. The molecule has 0 aliphatic carbocycles. The highest BCUT2D eigenvalue weighted by molar-refractivity contribution is 7.99. The van der Waals surface area contributed by atoms with Gasteiger partial charge in [-0.25, -0.2) is 4.39 Å². The minimum atomic E-state index is -0.0723. The largest absolute Gasteiger partial charge is 0.310 e. The van der Waals surface area contributed by atoms with Crippen LogP contribution in [-0.2, 0) is 6.54 Å². The number of halogens is 1. The lowest BCUT2D eigenvalue weighted by Crippen LogP contribution is -2.49. The van der Waals surface area contributed by atoms with E-state index in [2.05, 4.69) is 22.0 Å². The highest BCUT2D eigenvalue weighted by Crippen LogP contribution is 2.20. The molecule has 21 heavy (non-hydrogen) atoms. The SMILES string of the molecule is Fc1ccccc1CN1CCCC(NC2CCSCC2)C1. The van der Waals surface area contributed by atoms with Gasteiger partial charge in [-0.2, -0.15) is 11.8 Å². The maximum atomic E-state index is 13.8. The molecule has 2 fully saturated rings. The second-order valence-corrected chi connectivity index (χ2v) is 7.44. The molecule has 0 aromatic heterocycles. The van der Waals surface area contributed by atoms with Crippen molar-refractivity contribution in [2.45, 2.75) is 44.3 Å². The first-order valence-corrected chi connectivity index (χ1v) is 9.26. The van der Waals surface area contributed by atoms with Crippen LogP contribution in [0.4, 0.5) is 4.39 Å². The fourth-order valence-electron chi connectivity index (χ4n) is 3.40. The van der Waals surface area contributed by atoms with Gasteiger partial charge in [-0.1, -0.05) is 18.2 Å². The van der Waals surface area contributed by atoms with Crippen molar-refractivity contribution in [2.75, 3.05) is 24.6 Å². The van der Waals surface area contributed by atoms with Gasteiger partial charge in [-0.05, 0) is 49.8 Å². The standard InChI is InChI=1S/C17H25FN2S/c18-17-6-2-1-4-14(17)12-20-9-3-5-16(13-20)19-15-7-10-21-11-8-15/h1-2,4,6,15-16,19H,3,5,7-13H2. The Morgan fingerprint density at radius 3 is 2.76 bits per heavy atom. The maximum Gasteiger partial charge on any atom is 0.127 e. The Morgan fingerprint density at radius 1 is 1.14 bits per heavy atom. The van der Waals surface area contributed by atoms with Gasteiger partial charge in [0.05, 0.1) is 0 Å². The first-order valence-electron chi connectivity index (χ1n) is 8.11. The summed E-state index contributed by atoms with van der Waals surface area (Å²) in [4.78, 5) is 2.40. The summed E-state index contributed by atoms with van der Waals surface area (Å²) < 4.78 is 13.8.